The Labute approximate surface area is 118 Å². The van der Waals surface area contributed by atoms with Gasteiger partial charge in [-0.25, -0.2) is 4.79 Å². The number of aromatic carboxylic acids is 1. The number of fused-ring (bicyclic) bond motifs is 1. The standard InChI is InChI=1S/C14H12N2O5/c1-7-4-9-12(5-11(7)16(20)21)15(8-2-3-8)6-10(13(9)17)14(18)19/h4-6,8H,2-3H2,1H3,(H,18,19). The Balaban J connectivity index is 2.44. The molecule has 1 fully saturated rings. The van der Waals surface area contributed by atoms with Crippen molar-refractivity contribution >= 4 is 22.6 Å². The largest absolute Gasteiger partial charge is 0.477 e. The molecule has 1 aromatic carbocycles. The van der Waals surface area contributed by atoms with E-state index >= 15 is 0 Å². The van der Waals surface area contributed by atoms with E-state index in [0.29, 0.717) is 11.1 Å². The summed E-state index contributed by atoms with van der Waals surface area (Å²) in [6, 6.07) is 2.87. The molecule has 7 heteroatoms. The first-order chi connectivity index (χ1) is 9.90. The Kier molecular flexibility index (Phi) is 2.79. The second kappa shape index (κ2) is 4.41. The Hall–Kier alpha value is -2.70. The molecule has 0 radical (unpaired) electrons. The number of nitro groups is 1. The van der Waals surface area contributed by atoms with Crippen LogP contribution in [0.2, 0.25) is 0 Å². The fourth-order valence-electron chi connectivity index (χ4n) is 2.50. The third-order valence-electron chi connectivity index (χ3n) is 3.72. The molecule has 3 rings (SSSR count). The van der Waals surface area contributed by atoms with Gasteiger partial charge in [0.1, 0.15) is 5.56 Å². The van der Waals surface area contributed by atoms with E-state index in [1.165, 1.54) is 25.3 Å². The lowest BCUT2D eigenvalue weighted by atomic mass is 10.1. The number of aromatic nitrogens is 1. The number of carbonyl (C=O) groups is 1. The second-order valence-corrected chi connectivity index (χ2v) is 5.23. The molecule has 0 aliphatic heterocycles. The first kappa shape index (κ1) is 13.3. The zero-order valence-corrected chi connectivity index (χ0v) is 11.2. The minimum atomic E-state index is -1.28. The molecule has 7 nitrogen and oxygen atoms in total. The summed E-state index contributed by atoms with van der Waals surface area (Å²) in [5.74, 6) is -1.28. The summed E-state index contributed by atoms with van der Waals surface area (Å²) in [7, 11) is 0. The summed E-state index contributed by atoms with van der Waals surface area (Å²) in [6.45, 7) is 1.53. The summed E-state index contributed by atoms with van der Waals surface area (Å²) in [4.78, 5) is 34.0. The Morgan fingerprint density at radius 1 is 1.43 bits per heavy atom. The normalized spacial score (nSPS) is 14.3. The molecule has 1 aromatic heterocycles. The number of hydrogen-bond acceptors (Lipinski definition) is 4. The highest BCUT2D eigenvalue weighted by molar-refractivity contribution is 5.93. The fraction of sp³-hybridized carbons (Fsp3) is 0.286. The van der Waals surface area contributed by atoms with Gasteiger partial charge >= 0.3 is 5.97 Å². The van der Waals surface area contributed by atoms with Crippen molar-refractivity contribution in [3.63, 3.8) is 0 Å². The summed E-state index contributed by atoms with van der Waals surface area (Å²) >= 11 is 0. The van der Waals surface area contributed by atoms with E-state index in [1.807, 2.05) is 0 Å². The second-order valence-electron chi connectivity index (χ2n) is 5.23. The molecule has 2 aromatic rings. The van der Waals surface area contributed by atoms with Crippen molar-refractivity contribution in [2.75, 3.05) is 0 Å². The molecule has 1 aliphatic rings. The van der Waals surface area contributed by atoms with Crippen LogP contribution < -0.4 is 5.43 Å². The maximum absolute atomic E-state index is 12.2. The Morgan fingerprint density at radius 2 is 2.10 bits per heavy atom. The van der Waals surface area contributed by atoms with Crippen LogP contribution >= 0.6 is 0 Å². The Bertz CT molecular complexity index is 849. The van der Waals surface area contributed by atoms with Gasteiger partial charge in [0.05, 0.1) is 10.4 Å². The number of nitro benzene ring substituents is 1. The molecule has 1 aliphatic carbocycles. The summed E-state index contributed by atoms with van der Waals surface area (Å²) in [5, 5.41) is 20.4. The summed E-state index contributed by atoms with van der Waals surface area (Å²) in [6.07, 6.45) is 3.04. The number of carboxylic acids is 1. The van der Waals surface area contributed by atoms with Gasteiger partial charge in [-0.2, -0.15) is 0 Å². The topological polar surface area (TPSA) is 102 Å². The highest BCUT2D eigenvalue weighted by Crippen LogP contribution is 2.38. The maximum Gasteiger partial charge on any atom is 0.341 e. The number of benzene rings is 1. The third kappa shape index (κ3) is 2.06. The molecule has 0 amide bonds. The Morgan fingerprint density at radius 3 is 2.62 bits per heavy atom. The first-order valence-electron chi connectivity index (χ1n) is 6.47. The van der Waals surface area contributed by atoms with Crippen molar-refractivity contribution in [3.05, 3.63) is 49.8 Å². The van der Waals surface area contributed by atoms with Crippen LogP contribution in [0.15, 0.2) is 23.1 Å². The lowest BCUT2D eigenvalue weighted by Crippen LogP contribution is -2.19. The van der Waals surface area contributed by atoms with Crippen molar-refractivity contribution in [1.82, 2.24) is 4.57 Å². The SMILES string of the molecule is Cc1cc2c(=O)c(C(=O)O)cn(C3CC3)c2cc1[N+](=O)[O-]. The van der Waals surface area contributed by atoms with E-state index in [-0.39, 0.29) is 22.7 Å². The number of hydrogen-bond donors (Lipinski definition) is 1. The number of aryl methyl sites for hydroxylation is 1. The van der Waals surface area contributed by atoms with E-state index in [1.54, 1.807) is 4.57 Å². The van der Waals surface area contributed by atoms with Crippen LogP contribution in [-0.4, -0.2) is 20.6 Å². The molecular formula is C14H12N2O5. The van der Waals surface area contributed by atoms with Gasteiger partial charge in [0.2, 0.25) is 5.43 Å². The van der Waals surface area contributed by atoms with Gasteiger partial charge in [-0.1, -0.05) is 0 Å². The van der Waals surface area contributed by atoms with Crippen molar-refractivity contribution in [3.8, 4) is 0 Å². The van der Waals surface area contributed by atoms with Crippen LogP contribution in [0.5, 0.6) is 0 Å². The maximum atomic E-state index is 12.2. The van der Waals surface area contributed by atoms with Crippen molar-refractivity contribution < 1.29 is 14.8 Å². The van der Waals surface area contributed by atoms with Gasteiger partial charge in [0, 0.05) is 29.3 Å². The predicted octanol–water partition coefficient (Wildman–Crippen LogP) is 2.25. The molecule has 0 spiro atoms. The van der Waals surface area contributed by atoms with Gasteiger partial charge in [0.15, 0.2) is 0 Å². The van der Waals surface area contributed by atoms with E-state index in [4.69, 9.17) is 5.11 Å². The molecule has 108 valence electrons. The van der Waals surface area contributed by atoms with E-state index in [2.05, 4.69) is 0 Å². The van der Waals surface area contributed by atoms with Crippen LogP contribution in [-0.2, 0) is 0 Å². The zero-order chi connectivity index (χ0) is 15.3. The minimum Gasteiger partial charge on any atom is -0.477 e. The van der Waals surface area contributed by atoms with Crippen molar-refractivity contribution in [1.29, 1.82) is 0 Å². The minimum absolute atomic E-state index is 0.0700. The number of carboxylic acid groups (broad SMARTS) is 1. The molecular weight excluding hydrogens is 276 g/mol. The predicted molar refractivity (Wildman–Crippen MR) is 74.8 cm³/mol. The quantitative estimate of drug-likeness (QED) is 0.689. The van der Waals surface area contributed by atoms with Gasteiger partial charge in [-0.15, -0.1) is 0 Å². The smallest absolute Gasteiger partial charge is 0.341 e. The average molecular weight is 288 g/mol. The molecule has 0 atom stereocenters. The molecule has 1 heterocycles. The molecule has 0 bridgehead atoms. The lowest BCUT2D eigenvalue weighted by molar-refractivity contribution is -0.385. The summed E-state index contributed by atoms with van der Waals surface area (Å²) < 4.78 is 1.67. The molecule has 21 heavy (non-hydrogen) atoms. The van der Waals surface area contributed by atoms with Crippen molar-refractivity contribution in [2.24, 2.45) is 0 Å². The van der Waals surface area contributed by atoms with Gasteiger partial charge in [-0.05, 0) is 25.8 Å². The van der Waals surface area contributed by atoms with Crippen LogP contribution in [0.4, 0.5) is 5.69 Å². The molecule has 1 saturated carbocycles. The molecule has 0 unspecified atom stereocenters. The van der Waals surface area contributed by atoms with E-state index < -0.39 is 16.3 Å². The number of nitrogens with zero attached hydrogens (tertiary/aromatic N) is 2. The zero-order valence-electron chi connectivity index (χ0n) is 11.2. The van der Waals surface area contributed by atoms with Crippen molar-refractivity contribution in [2.45, 2.75) is 25.8 Å². The van der Waals surface area contributed by atoms with Gasteiger partial charge in [0.25, 0.3) is 5.69 Å². The van der Waals surface area contributed by atoms with Crippen LogP contribution in [0, 0.1) is 17.0 Å². The highest BCUT2D eigenvalue weighted by atomic mass is 16.6. The number of pyridine rings is 1. The highest BCUT2D eigenvalue weighted by Gasteiger charge is 2.28. The van der Waals surface area contributed by atoms with E-state index in [9.17, 15) is 19.7 Å². The van der Waals surface area contributed by atoms with Gasteiger partial charge < -0.3 is 9.67 Å². The van der Waals surface area contributed by atoms with E-state index in [0.717, 1.165) is 12.8 Å². The lowest BCUT2D eigenvalue weighted by Gasteiger charge is -2.12. The number of rotatable bonds is 3. The van der Waals surface area contributed by atoms with Crippen LogP contribution in [0.1, 0.15) is 34.8 Å². The molecule has 1 N–H and O–H groups in total. The third-order valence-corrected chi connectivity index (χ3v) is 3.72. The summed E-state index contributed by atoms with van der Waals surface area (Å²) in [5.41, 5.74) is -0.214. The van der Waals surface area contributed by atoms with Crippen LogP contribution in [0.25, 0.3) is 10.9 Å². The first-order valence-corrected chi connectivity index (χ1v) is 6.47. The van der Waals surface area contributed by atoms with Crippen LogP contribution in [0.3, 0.4) is 0 Å². The fourth-order valence-corrected chi connectivity index (χ4v) is 2.50. The monoisotopic (exact) mass is 288 g/mol. The van der Waals surface area contributed by atoms with Gasteiger partial charge in [-0.3, -0.25) is 14.9 Å². The molecule has 0 saturated heterocycles. The average Bonchev–Trinajstić information content (AvgIpc) is 3.22.